The van der Waals surface area contributed by atoms with Crippen molar-refractivity contribution in [2.45, 2.75) is 52.5 Å². The lowest BCUT2D eigenvalue weighted by molar-refractivity contribution is 0.508. The maximum absolute atomic E-state index is 4.47. The molecule has 1 rings (SSSR count). The van der Waals surface area contributed by atoms with E-state index >= 15 is 0 Å². The first-order valence-corrected chi connectivity index (χ1v) is 6.58. The van der Waals surface area contributed by atoms with Crippen LogP contribution in [0.3, 0.4) is 0 Å². The maximum atomic E-state index is 4.47. The van der Waals surface area contributed by atoms with Gasteiger partial charge in [0.1, 0.15) is 16.2 Å². The minimum absolute atomic E-state index is 0.0769. The van der Waals surface area contributed by atoms with E-state index in [1.165, 1.54) is 0 Å². The van der Waals surface area contributed by atoms with E-state index in [2.05, 4.69) is 58.9 Å². The Kier molecular flexibility index (Phi) is 4.71. The molecule has 0 radical (unpaired) electrons. The summed E-state index contributed by atoms with van der Waals surface area (Å²) in [4.78, 5) is 8.76. The van der Waals surface area contributed by atoms with Crippen LogP contribution < -0.4 is 5.32 Å². The number of nitrogens with zero attached hydrogens (tertiary/aromatic N) is 2. The van der Waals surface area contributed by atoms with Crippen molar-refractivity contribution in [3.63, 3.8) is 0 Å². The van der Waals surface area contributed by atoms with E-state index in [1.807, 2.05) is 6.07 Å². The molecule has 0 spiro atoms. The fourth-order valence-electron chi connectivity index (χ4n) is 1.72. The van der Waals surface area contributed by atoms with E-state index in [4.69, 9.17) is 0 Å². The van der Waals surface area contributed by atoms with Crippen LogP contribution in [-0.2, 0) is 6.42 Å². The smallest absolute Gasteiger partial charge is 0.131 e. The van der Waals surface area contributed by atoms with Crippen molar-refractivity contribution in [1.29, 1.82) is 0 Å². The molecule has 3 nitrogen and oxygen atoms in total. The molecule has 0 aliphatic carbocycles. The van der Waals surface area contributed by atoms with Crippen LogP contribution in [0.1, 0.15) is 46.4 Å². The molecule has 0 aliphatic heterocycles. The van der Waals surface area contributed by atoms with Crippen molar-refractivity contribution >= 4 is 21.7 Å². The molecule has 16 heavy (non-hydrogen) atoms. The Labute approximate surface area is 106 Å². The summed E-state index contributed by atoms with van der Waals surface area (Å²) in [7, 11) is 0. The molecule has 1 aromatic heterocycles. The van der Waals surface area contributed by atoms with Crippen LogP contribution >= 0.6 is 15.9 Å². The second kappa shape index (κ2) is 5.62. The second-order valence-corrected chi connectivity index (χ2v) is 5.42. The van der Waals surface area contributed by atoms with Crippen molar-refractivity contribution in [3.05, 3.63) is 16.5 Å². The molecule has 0 fully saturated rings. The first kappa shape index (κ1) is 13.4. The molecule has 4 heteroatoms. The third-order valence-corrected chi connectivity index (χ3v) is 2.81. The highest BCUT2D eigenvalue weighted by atomic mass is 79.9. The van der Waals surface area contributed by atoms with Crippen molar-refractivity contribution in [1.82, 2.24) is 9.97 Å². The Hall–Kier alpha value is -0.640. The van der Waals surface area contributed by atoms with Gasteiger partial charge < -0.3 is 5.32 Å². The summed E-state index contributed by atoms with van der Waals surface area (Å²) in [6.07, 6.45) is 3.13. The number of aryl methyl sites for hydroxylation is 1. The molecule has 0 unspecified atom stereocenters. The van der Waals surface area contributed by atoms with Crippen LogP contribution in [0.4, 0.5) is 5.82 Å². The molecule has 1 heterocycles. The zero-order valence-electron chi connectivity index (χ0n) is 10.5. The summed E-state index contributed by atoms with van der Waals surface area (Å²) >= 11 is 3.41. The fourth-order valence-corrected chi connectivity index (χ4v) is 2.14. The van der Waals surface area contributed by atoms with E-state index in [0.29, 0.717) is 0 Å². The maximum Gasteiger partial charge on any atom is 0.131 e. The van der Waals surface area contributed by atoms with Crippen LogP contribution in [0.2, 0.25) is 0 Å². The highest BCUT2D eigenvalue weighted by Gasteiger charge is 2.17. The van der Waals surface area contributed by atoms with Gasteiger partial charge in [0.25, 0.3) is 0 Å². The lowest BCUT2D eigenvalue weighted by Gasteiger charge is -2.26. The number of hydrogen-bond acceptors (Lipinski definition) is 3. The zero-order chi connectivity index (χ0) is 12.2. The van der Waals surface area contributed by atoms with E-state index in [1.54, 1.807) is 0 Å². The molecule has 0 bridgehead atoms. The van der Waals surface area contributed by atoms with Gasteiger partial charge in [-0.2, -0.15) is 0 Å². The molecular weight excluding hydrogens is 266 g/mol. The number of rotatable bonds is 5. The van der Waals surface area contributed by atoms with Gasteiger partial charge in [-0.3, -0.25) is 0 Å². The third-order valence-electron chi connectivity index (χ3n) is 2.40. The van der Waals surface area contributed by atoms with Crippen molar-refractivity contribution in [3.8, 4) is 0 Å². The number of hydrogen-bond donors (Lipinski definition) is 1. The SMILES string of the molecule is CCCC(C)(C)Nc1cc(Br)nc(CC)n1. The van der Waals surface area contributed by atoms with E-state index < -0.39 is 0 Å². The fraction of sp³-hybridized carbons (Fsp3) is 0.667. The van der Waals surface area contributed by atoms with Crippen LogP contribution in [0.25, 0.3) is 0 Å². The summed E-state index contributed by atoms with van der Waals surface area (Å²) in [6, 6.07) is 1.93. The third kappa shape index (κ3) is 4.08. The number of anilines is 1. The van der Waals surface area contributed by atoms with E-state index in [0.717, 1.165) is 35.5 Å². The average Bonchev–Trinajstić information content (AvgIpc) is 2.15. The Balaban J connectivity index is 2.84. The molecule has 1 aromatic rings. The first-order chi connectivity index (χ1) is 7.46. The van der Waals surface area contributed by atoms with Gasteiger partial charge in [0.05, 0.1) is 0 Å². The molecule has 0 aliphatic rings. The van der Waals surface area contributed by atoms with Crippen LogP contribution in [0.15, 0.2) is 10.7 Å². The van der Waals surface area contributed by atoms with Gasteiger partial charge in [-0.1, -0.05) is 20.3 Å². The average molecular weight is 286 g/mol. The molecule has 0 atom stereocenters. The highest BCUT2D eigenvalue weighted by Crippen LogP contribution is 2.20. The molecular formula is C12H20BrN3. The van der Waals surface area contributed by atoms with Gasteiger partial charge in [0.2, 0.25) is 0 Å². The largest absolute Gasteiger partial charge is 0.365 e. The highest BCUT2D eigenvalue weighted by molar-refractivity contribution is 9.10. The minimum atomic E-state index is 0.0769. The Morgan fingerprint density at radius 3 is 2.56 bits per heavy atom. The Morgan fingerprint density at radius 1 is 1.31 bits per heavy atom. The lowest BCUT2D eigenvalue weighted by atomic mass is 9.99. The van der Waals surface area contributed by atoms with Gasteiger partial charge in [-0.05, 0) is 36.2 Å². The van der Waals surface area contributed by atoms with Gasteiger partial charge >= 0.3 is 0 Å². The number of nitrogens with one attached hydrogen (secondary N) is 1. The summed E-state index contributed by atoms with van der Waals surface area (Å²) in [6.45, 7) is 8.63. The normalized spacial score (nSPS) is 11.6. The monoisotopic (exact) mass is 285 g/mol. The minimum Gasteiger partial charge on any atom is -0.365 e. The van der Waals surface area contributed by atoms with Crippen LogP contribution in [0, 0.1) is 0 Å². The van der Waals surface area contributed by atoms with Crippen LogP contribution in [0.5, 0.6) is 0 Å². The second-order valence-electron chi connectivity index (χ2n) is 4.60. The topological polar surface area (TPSA) is 37.8 Å². The van der Waals surface area contributed by atoms with Crippen molar-refractivity contribution in [2.24, 2.45) is 0 Å². The summed E-state index contributed by atoms with van der Waals surface area (Å²) in [5, 5.41) is 3.45. The predicted molar refractivity (Wildman–Crippen MR) is 71.7 cm³/mol. The predicted octanol–water partition coefficient (Wildman–Crippen LogP) is 3.79. The van der Waals surface area contributed by atoms with Gasteiger partial charge in [0.15, 0.2) is 0 Å². The van der Waals surface area contributed by atoms with E-state index in [-0.39, 0.29) is 5.54 Å². The van der Waals surface area contributed by atoms with Gasteiger partial charge in [0, 0.05) is 18.0 Å². The molecule has 0 saturated heterocycles. The van der Waals surface area contributed by atoms with Crippen molar-refractivity contribution < 1.29 is 0 Å². The quantitative estimate of drug-likeness (QED) is 0.837. The van der Waals surface area contributed by atoms with E-state index in [9.17, 15) is 0 Å². The summed E-state index contributed by atoms with van der Waals surface area (Å²) < 4.78 is 0.842. The van der Waals surface area contributed by atoms with Gasteiger partial charge in [-0.15, -0.1) is 0 Å². The summed E-state index contributed by atoms with van der Waals surface area (Å²) in [5.74, 6) is 1.77. The molecule has 0 aromatic carbocycles. The van der Waals surface area contributed by atoms with Gasteiger partial charge in [-0.25, -0.2) is 9.97 Å². The number of halogens is 1. The summed E-state index contributed by atoms with van der Waals surface area (Å²) in [5.41, 5.74) is 0.0769. The Bertz CT molecular complexity index is 350. The molecule has 0 amide bonds. The first-order valence-electron chi connectivity index (χ1n) is 5.78. The number of aromatic nitrogens is 2. The van der Waals surface area contributed by atoms with Crippen LogP contribution in [-0.4, -0.2) is 15.5 Å². The molecule has 90 valence electrons. The molecule has 1 N–H and O–H groups in total. The van der Waals surface area contributed by atoms with Crippen molar-refractivity contribution in [2.75, 3.05) is 5.32 Å². The standard InChI is InChI=1S/C12H20BrN3/c1-5-7-12(3,4)16-11-8-9(13)14-10(6-2)15-11/h8H,5-7H2,1-4H3,(H,14,15,16). The lowest BCUT2D eigenvalue weighted by Crippen LogP contribution is -2.31. The Morgan fingerprint density at radius 2 is 2.00 bits per heavy atom. The molecule has 0 saturated carbocycles. The zero-order valence-corrected chi connectivity index (χ0v) is 12.1.